The number of rotatable bonds is 9. The summed E-state index contributed by atoms with van der Waals surface area (Å²) in [4.78, 5) is 10.1. The van der Waals surface area contributed by atoms with Crippen LogP contribution in [0, 0.1) is 6.92 Å². The van der Waals surface area contributed by atoms with E-state index < -0.39 is 0 Å². The maximum Gasteiger partial charge on any atom is 0.191 e. The number of aryl methyl sites for hydroxylation is 1. The Morgan fingerprint density at radius 1 is 1.50 bits per heavy atom. The molecule has 0 saturated carbocycles. The summed E-state index contributed by atoms with van der Waals surface area (Å²) >= 11 is 1.65. The molecule has 0 aromatic carbocycles. The fourth-order valence-electron chi connectivity index (χ4n) is 2.34. The average molecular weight is 468 g/mol. The molecule has 1 atom stereocenters. The molecule has 1 unspecified atom stereocenters. The van der Waals surface area contributed by atoms with E-state index in [1.165, 1.54) is 4.88 Å². The van der Waals surface area contributed by atoms with E-state index in [1.54, 1.807) is 11.3 Å². The Hall–Kier alpha value is -0.450. The summed E-state index contributed by atoms with van der Waals surface area (Å²) in [5.41, 5.74) is 2.93. The predicted molar refractivity (Wildman–Crippen MR) is 109 cm³/mol. The molecule has 0 radical (unpaired) electrons. The van der Waals surface area contributed by atoms with Gasteiger partial charge in [-0.25, -0.2) is 9.98 Å². The van der Waals surface area contributed by atoms with Crippen molar-refractivity contribution in [3.05, 3.63) is 16.1 Å². The van der Waals surface area contributed by atoms with Crippen molar-refractivity contribution >= 4 is 41.3 Å². The SMILES string of the molecule is CCNC(=NCc1scnc1C)NCCCOCC1CCCO1.I. The molecule has 0 amide bonds. The summed E-state index contributed by atoms with van der Waals surface area (Å²) < 4.78 is 11.2. The highest BCUT2D eigenvalue weighted by Crippen LogP contribution is 2.13. The van der Waals surface area contributed by atoms with Gasteiger partial charge in [0, 0.05) is 31.2 Å². The van der Waals surface area contributed by atoms with Crippen molar-refractivity contribution in [1.29, 1.82) is 0 Å². The highest BCUT2D eigenvalue weighted by Gasteiger charge is 2.14. The van der Waals surface area contributed by atoms with E-state index in [9.17, 15) is 0 Å². The summed E-state index contributed by atoms with van der Waals surface area (Å²) in [7, 11) is 0. The highest BCUT2D eigenvalue weighted by molar-refractivity contribution is 14.0. The van der Waals surface area contributed by atoms with Crippen molar-refractivity contribution < 1.29 is 9.47 Å². The Kier molecular flexibility index (Phi) is 11.6. The van der Waals surface area contributed by atoms with E-state index in [-0.39, 0.29) is 24.0 Å². The lowest BCUT2D eigenvalue weighted by atomic mass is 10.2. The zero-order chi connectivity index (χ0) is 16.3. The molecule has 1 aromatic heterocycles. The van der Waals surface area contributed by atoms with E-state index in [0.717, 1.165) is 63.8 Å². The topological polar surface area (TPSA) is 67.8 Å². The molecule has 138 valence electrons. The lowest BCUT2D eigenvalue weighted by molar-refractivity contribution is 0.0168. The first-order chi connectivity index (χ1) is 11.3. The van der Waals surface area contributed by atoms with Gasteiger partial charge >= 0.3 is 0 Å². The van der Waals surface area contributed by atoms with Crippen LogP contribution in [0.3, 0.4) is 0 Å². The second-order valence-corrected chi connectivity index (χ2v) is 6.49. The summed E-state index contributed by atoms with van der Waals surface area (Å²) in [6.45, 7) is 8.81. The van der Waals surface area contributed by atoms with Crippen LogP contribution in [0.2, 0.25) is 0 Å². The average Bonchev–Trinajstić information content (AvgIpc) is 3.20. The molecule has 1 saturated heterocycles. The third-order valence-electron chi connectivity index (χ3n) is 3.66. The van der Waals surface area contributed by atoms with E-state index in [4.69, 9.17) is 9.47 Å². The van der Waals surface area contributed by atoms with Crippen LogP contribution in [0.15, 0.2) is 10.5 Å². The molecule has 2 N–H and O–H groups in total. The molecular formula is C16H29IN4O2S. The van der Waals surface area contributed by atoms with E-state index in [0.29, 0.717) is 12.6 Å². The number of thiazole rings is 1. The molecule has 1 fully saturated rings. The first kappa shape index (κ1) is 21.6. The van der Waals surface area contributed by atoms with Gasteiger partial charge in [0.15, 0.2) is 5.96 Å². The zero-order valence-electron chi connectivity index (χ0n) is 14.5. The van der Waals surface area contributed by atoms with Gasteiger partial charge in [0.1, 0.15) is 0 Å². The van der Waals surface area contributed by atoms with E-state index >= 15 is 0 Å². The van der Waals surface area contributed by atoms with Crippen LogP contribution >= 0.6 is 35.3 Å². The molecule has 0 spiro atoms. The molecule has 0 aliphatic carbocycles. The second kappa shape index (κ2) is 12.8. The zero-order valence-corrected chi connectivity index (χ0v) is 17.7. The minimum atomic E-state index is 0. The van der Waals surface area contributed by atoms with Crippen molar-refractivity contribution in [2.24, 2.45) is 4.99 Å². The van der Waals surface area contributed by atoms with Crippen molar-refractivity contribution in [2.45, 2.75) is 45.8 Å². The Bertz CT molecular complexity index is 478. The quantitative estimate of drug-likeness (QED) is 0.253. The number of nitrogens with zero attached hydrogens (tertiary/aromatic N) is 2. The van der Waals surface area contributed by atoms with Gasteiger partial charge < -0.3 is 20.1 Å². The van der Waals surface area contributed by atoms with Gasteiger partial charge in [-0.15, -0.1) is 35.3 Å². The maximum atomic E-state index is 5.66. The van der Waals surface area contributed by atoms with Crippen molar-refractivity contribution in [3.8, 4) is 0 Å². The summed E-state index contributed by atoms with van der Waals surface area (Å²) in [6, 6.07) is 0. The fourth-order valence-corrected chi connectivity index (χ4v) is 3.04. The van der Waals surface area contributed by atoms with Crippen LogP contribution in [0.5, 0.6) is 0 Å². The van der Waals surface area contributed by atoms with Gasteiger partial charge in [-0.05, 0) is 33.1 Å². The molecule has 1 aliphatic heterocycles. The lowest BCUT2D eigenvalue weighted by Gasteiger charge is -2.12. The number of hydrogen-bond donors (Lipinski definition) is 2. The third-order valence-corrected chi connectivity index (χ3v) is 4.58. The molecule has 1 aromatic rings. The molecule has 6 nitrogen and oxygen atoms in total. The third kappa shape index (κ3) is 8.09. The first-order valence-electron chi connectivity index (χ1n) is 8.40. The molecule has 1 aliphatic rings. The minimum Gasteiger partial charge on any atom is -0.379 e. The molecule has 2 heterocycles. The van der Waals surface area contributed by atoms with Crippen LogP contribution in [-0.4, -0.2) is 50.0 Å². The normalized spacial score (nSPS) is 17.6. The van der Waals surface area contributed by atoms with Gasteiger partial charge in [-0.3, -0.25) is 0 Å². The first-order valence-corrected chi connectivity index (χ1v) is 9.28. The van der Waals surface area contributed by atoms with Gasteiger partial charge in [-0.1, -0.05) is 0 Å². The fraction of sp³-hybridized carbons (Fsp3) is 0.750. The number of hydrogen-bond acceptors (Lipinski definition) is 5. The van der Waals surface area contributed by atoms with Crippen LogP contribution in [0.4, 0.5) is 0 Å². The largest absolute Gasteiger partial charge is 0.379 e. The van der Waals surface area contributed by atoms with E-state index in [2.05, 4.69) is 27.5 Å². The number of halogens is 1. The van der Waals surface area contributed by atoms with Crippen molar-refractivity contribution in [3.63, 3.8) is 0 Å². The molecule has 0 bridgehead atoms. The predicted octanol–water partition coefficient (Wildman–Crippen LogP) is 2.71. The summed E-state index contributed by atoms with van der Waals surface area (Å²) in [6.07, 6.45) is 3.56. The van der Waals surface area contributed by atoms with Crippen LogP contribution in [0.25, 0.3) is 0 Å². The highest BCUT2D eigenvalue weighted by atomic mass is 127. The molecule has 8 heteroatoms. The maximum absolute atomic E-state index is 5.66. The van der Waals surface area contributed by atoms with Crippen molar-refractivity contribution in [2.75, 3.05) is 32.9 Å². The number of nitrogens with one attached hydrogen (secondary N) is 2. The van der Waals surface area contributed by atoms with Crippen molar-refractivity contribution in [1.82, 2.24) is 15.6 Å². The standard InChI is InChI=1S/C16H28N4O2S.HI/c1-3-17-16(19-10-15-13(2)20-12-23-15)18-7-5-8-21-11-14-6-4-9-22-14;/h12,14H,3-11H2,1-2H3,(H2,17,18,19);1H. The molecular weight excluding hydrogens is 439 g/mol. The second-order valence-electron chi connectivity index (χ2n) is 5.55. The molecule has 2 rings (SSSR count). The van der Waals surface area contributed by atoms with Crippen LogP contribution in [-0.2, 0) is 16.0 Å². The number of aromatic nitrogens is 1. The van der Waals surface area contributed by atoms with Gasteiger partial charge in [0.2, 0.25) is 0 Å². The number of ether oxygens (including phenoxy) is 2. The number of guanidine groups is 1. The van der Waals surface area contributed by atoms with E-state index in [1.807, 2.05) is 12.4 Å². The molecule has 24 heavy (non-hydrogen) atoms. The Balaban J connectivity index is 0.00000288. The van der Waals surface area contributed by atoms with Crippen LogP contribution < -0.4 is 10.6 Å². The Morgan fingerprint density at radius 2 is 2.38 bits per heavy atom. The van der Waals surface area contributed by atoms with Gasteiger partial charge in [0.05, 0.1) is 30.5 Å². The Morgan fingerprint density at radius 3 is 3.04 bits per heavy atom. The minimum absolute atomic E-state index is 0. The summed E-state index contributed by atoms with van der Waals surface area (Å²) in [5, 5.41) is 6.61. The Labute approximate surface area is 165 Å². The van der Waals surface area contributed by atoms with Crippen LogP contribution in [0.1, 0.15) is 36.8 Å². The van der Waals surface area contributed by atoms with Gasteiger partial charge in [-0.2, -0.15) is 0 Å². The monoisotopic (exact) mass is 468 g/mol. The smallest absolute Gasteiger partial charge is 0.191 e. The lowest BCUT2D eigenvalue weighted by Crippen LogP contribution is -2.38. The summed E-state index contributed by atoms with van der Waals surface area (Å²) in [5.74, 6) is 0.847. The number of aliphatic imine (C=N–C) groups is 1. The van der Waals surface area contributed by atoms with Gasteiger partial charge in [0.25, 0.3) is 0 Å².